The van der Waals surface area contributed by atoms with Gasteiger partial charge in [0.15, 0.2) is 0 Å². The van der Waals surface area contributed by atoms with Crippen LogP contribution in [0.1, 0.15) is 58.3 Å². The largest absolute Gasteiger partial charge is 0.381 e. The molecular weight excluding hydrogens is 198 g/mol. The van der Waals surface area contributed by atoms with Crippen molar-refractivity contribution in [2.24, 2.45) is 5.92 Å². The van der Waals surface area contributed by atoms with Gasteiger partial charge >= 0.3 is 0 Å². The summed E-state index contributed by atoms with van der Waals surface area (Å²) < 4.78 is 5.41. The van der Waals surface area contributed by atoms with Crippen LogP contribution in [-0.4, -0.2) is 25.3 Å². The third-order valence-corrected chi connectivity index (χ3v) is 4.36. The zero-order valence-electron chi connectivity index (χ0n) is 10.7. The van der Waals surface area contributed by atoms with Gasteiger partial charge in [0.25, 0.3) is 0 Å². The van der Waals surface area contributed by atoms with Crippen molar-refractivity contribution in [2.45, 2.75) is 70.4 Å². The molecule has 0 bridgehead atoms. The van der Waals surface area contributed by atoms with Gasteiger partial charge in [-0.15, -0.1) is 0 Å². The molecule has 0 amide bonds. The summed E-state index contributed by atoms with van der Waals surface area (Å²) >= 11 is 0. The first-order valence-electron chi connectivity index (χ1n) is 7.22. The first kappa shape index (κ1) is 12.4. The molecule has 16 heavy (non-hydrogen) atoms. The molecule has 2 heteroatoms. The van der Waals surface area contributed by atoms with Gasteiger partial charge < -0.3 is 10.1 Å². The van der Waals surface area contributed by atoms with Crippen molar-refractivity contribution in [1.82, 2.24) is 5.32 Å². The molecule has 2 nitrogen and oxygen atoms in total. The fraction of sp³-hybridized carbons (Fsp3) is 1.00. The van der Waals surface area contributed by atoms with Gasteiger partial charge in [-0.2, -0.15) is 0 Å². The van der Waals surface area contributed by atoms with E-state index in [2.05, 4.69) is 12.2 Å². The molecule has 2 fully saturated rings. The highest BCUT2D eigenvalue weighted by Gasteiger charge is 2.21. The Hall–Kier alpha value is -0.0800. The highest BCUT2D eigenvalue weighted by atomic mass is 16.5. The highest BCUT2D eigenvalue weighted by Crippen LogP contribution is 2.26. The predicted octanol–water partition coefficient (Wildman–Crippen LogP) is 3.11. The lowest BCUT2D eigenvalue weighted by molar-refractivity contribution is 0.0742. The maximum absolute atomic E-state index is 5.41. The Balaban J connectivity index is 1.72. The van der Waals surface area contributed by atoms with Gasteiger partial charge in [-0.25, -0.2) is 0 Å². The van der Waals surface area contributed by atoms with Crippen molar-refractivity contribution >= 4 is 0 Å². The molecule has 0 radical (unpaired) electrons. The Morgan fingerprint density at radius 1 is 0.938 bits per heavy atom. The minimum absolute atomic E-state index is 0.733. The normalized spacial score (nSPS) is 33.6. The minimum Gasteiger partial charge on any atom is -0.381 e. The van der Waals surface area contributed by atoms with Gasteiger partial charge in [-0.3, -0.25) is 0 Å². The van der Waals surface area contributed by atoms with Crippen molar-refractivity contribution < 1.29 is 4.74 Å². The van der Waals surface area contributed by atoms with Crippen molar-refractivity contribution in [3.8, 4) is 0 Å². The van der Waals surface area contributed by atoms with E-state index in [-0.39, 0.29) is 0 Å². The van der Waals surface area contributed by atoms with E-state index in [9.17, 15) is 0 Å². The minimum atomic E-state index is 0.733. The molecule has 1 aliphatic carbocycles. The number of nitrogens with one attached hydrogen (secondary N) is 1. The van der Waals surface area contributed by atoms with E-state index in [0.717, 1.165) is 31.2 Å². The molecular formula is C14H27NO. The molecule has 0 spiro atoms. The predicted molar refractivity (Wildman–Crippen MR) is 67.6 cm³/mol. The van der Waals surface area contributed by atoms with Gasteiger partial charge in [-0.05, 0) is 38.0 Å². The Morgan fingerprint density at radius 2 is 1.69 bits per heavy atom. The number of hydrogen-bond acceptors (Lipinski definition) is 2. The van der Waals surface area contributed by atoms with E-state index < -0.39 is 0 Å². The molecule has 0 aromatic rings. The Morgan fingerprint density at radius 3 is 2.44 bits per heavy atom. The van der Waals surface area contributed by atoms with Crippen LogP contribution in [0, 0.1) is 5.92 Å². The molecule has 0 aromatic heterocycles. The van der Waals surface area contributed by atoms with Crippen LogP contribution < -0.4 is 5.32 Å². The lowest BCUT2D eigenvalue weighted by atomic mass is 9.97. The highest BCUT2D eigenvalue weighted by molar-refractivity contribution is 4.79. The quantitative estimate of drug-likeness (QED) is 0.745. The van der Waals surface area contributed by atoms with Gasteiger partial charge in [0, 0.05) is 25.3 Å². The van der Waals surface area contributed by atoms with E-state index in [0.29, 0.717) is 0 Å². The van der Waals surface area contributed by atoms with Gasteiger partial charge in [0.1, 0.15) is 0 Å². The smallest absolute Gasteiger partial charge is 0.0480 e. The number of ether oxygens (including phenoxy) is 1. The van der Waals surface area contributed by atoms with E-state index >= 15 is 0 Å². The summed E-state index contributed by atoms with van der Waals surface area (Å²) in [5.74, 6) is 1.00. The van der Waals surface area contributed by atoms with Crippen molar-refractivity contribution in [3.63, 3.8) is 0 Å². The van der Waals surface area contributed by atoms with Crippen LogP contribution in [0.3, 0.4) is 0 Å². The SMILES string of the molecule is CCC1CCCC(NC2CCOCC2)CC1. The fourth-order valence-corrected chi connectivity index (χ4v) is 3.15. The van der Waals surface area contributed by atoms with E-state index in [1.807, 2.05) is 0 Å². The third-order valence-electron chi connectivity index (χ3n) is 4.36. The maximum atomic E-state index is 5.41. The maximum Gasteiger partial charge on any atom is 0.0480 e. The molecule has 0 aromatic carbocycles. The summed E-state index contributed by atoms with van der Waals surface area (Å²) in [6, 6.07) is 1.52. The van der Waals surface area contributed by atoms with E-state index in [4.69, 9.17) is 4.74 Å². The molecule has 1 N–H and O–H groups in total. The van der Waals surface area contributed by atoms with Gasteiger partial charge in [-0.1, -0.05) is 26.2 Å². The molecule has 2 aliphatic rings. The van der Waals surface area contributed by atoms with Crippen molar-refractivity contribution in [2.75, 3.05) is 13.2 Å². The summed E-state index contributed by atoms with van der Waals surface area (Å²) in [6.07, 6.45) is 10.9. The molecule has 1 aliphatic heterocycles. The standard InChI is InChI=1S/C14H27NO/c1-2-12-4-3-5-13(7-6-12)15-14-8-10-16-11-9-14/h12-15H,2-11H2,1H3. The summed E-state index contributed by atoms with van der Waals surface area (Å²) in [5, 5.41) is 3.86. The molecule has 2 rings (SSSR count). The molecule has 1 heterocycles. The molecule has 94 valence electrons. The second-order valence-corrected chi connectivity index (χ2v) is 5.53. The van der Waals surface area contributed by atoms with Crippen LogP contribution in [0.2, 0.25) is 0 Å². The first-order valence-corrected chi connectivity index (χ1v) is 7.22. The van der Waals surface area contributed by atoms with Crippen molar-refractivity contribution in [1.29, 1.82) is 0 Å². The summed E-state index contributed by atoms with van der Waals surface area (Å²) in [7, 11) is 0. The van der Waals surface area contributed by atoms with Gasteiger partial charge in [0.05, 0.1) is 0 Å². The Kier molecular flexibility index (Phi) is 5.11. The zero-order valence-corrected chi connectivity index (χ0v) is 10.7. The lowest BCUT2D eigenvalue weighted by Gasteiger charge is -2.28. The fourth-order valence-electron chi connectivity index (χ4n) is 3.15. The second kappa shape index (κ2) is 6.61. The van der Waals surface area contributed by atoms with Gasteiger partial charge in [0.2, 0.25) is 0 Å². The monoisotopic (exact) mass is 225 g/mol. The molecule has 2 unspecified atom stereocenters. The lowest BCUT2D eigenvalue weighted by Crippen LogP contribution is -2.41. The second-order valence-electron chi connectivity index (χ2n) is 5.53. The van der Waals surface area contributed by atoms with Crippen LogP contribution in [-0.2, 0) is 4.74 Å². The third kappa shape index (κ3) is 3.74. The van der Waals surface area contributed by atoms with Crippen LogP contribution in [0.25, 0.3) is 0 Å². The van der Waals surface area contributed by atoms with Crippen LogP contribution in [0.5, 0.6) is 0 Å². The molecule has 2 atom stereocenters. The van der Waals surface area contributed by atoms with Crippen LogP contribution in [0.15, 0.2) is 0 Å². The van der Waals surface area contributed by atoms with Crippen LogP contribution >= 0.6 is 0 Å². The Labute approximate surface area is 100 Å². The topological polar surface area (TPSA) is 21.3 Å². The average Bonchev–Trinajstić information content (AvgIpc) is 2.56. The summed E-state index contributed by atoms with van der Waals surface area (Å²) in [5.41, 5.74) is 0. The van der Waals surface area contributed by atoms with Crippen molar-refractivity contribution in [3.05, 3.63) is 0 Å². The molecule has 1 saturated heterocycles. The first-order chi connectivity index (χ1) is 7.88. The number of rotatable bonds is 3. The molecule has 1 saturated carbocycles. The van der Waals surface area contributed by atoms with Crippen LogP contribution in [0.4, 0.5) is 0 Å². The number of hydrogen-bond donors (Lipinski definition) is 1. The summed E-state index contributed by atoms with van der Waals surface area (Å²) in [4.78, 5) is 0. The summed E-state index contributed by atoms with van der Waals surface area (Å²) in [6.45, 7) is 4.26. The average molecular weight is 225 g/mol. The zero-order chi connectivity index (χ0) is 11.2. The Bertz CT molecular complexity index is 189. The van der Waals surface area contributed by atoms with E-state index in [1.165, 1.54) is 51.4 Å². The van der Waals surface area contributed by atoms with E-state index in [1.54, 1.807) is 0 Å².